The fraction of sp³-hybridized carbons (Fsp3) is 0. The van der Waals surface area contributed by atoms with Crippen LogP contribution in [0.2, 0.25) is 10.0 Å². The van der Waals surface area contributed by atoms with Gasteiger partial charge in [0.15, 0.2) is 5.70 Å². The Morgan fingerprint density at radius 2 is 1.86 bits per heavy atom. The lowest BCUT2D eigenvalue weighted by Gasteiger charge is -2.02. The monoisotopic (exact) mass is 318 g/mol. The van der Waals surface area contributed by atoms with E-state index in [1.54, 1.807) is 48.8 Å². The highest BCUT2D eigenvalue weighted by Gasteiger charge is 2.25. The topological polar surface area (TPSA) is 51.5 Å². The van der Waals surface area contributed by atoms with Gasteiger partial charge in [0.2, 0.25) is 5.90 Å². The van der Waals surface area contributed by atoms with Crippen LogP contribution in [0.15, 0.2) is 53.4 Å². The molecule has 104 valence electrons. The van der Waals surface area contributed by atoms with Crippen LogP contribution in [0.3, 0.4) is 0 Å². The number of esters is 1. The molecule has 1 aliphatic heterocycles. The molecule has 0 unspecified atom stereocenters. The fourth-order valence-corrected chi connectivity index (χ4v) is 2.29. The fourth-order valence-electron chi connectivity index (χ4n) is 1.80. The lowest BCUT2D eigenvalue weighted by molar-refractivity contribution is -0.129. The first-order chi connectivity index (χ1) is 10.1. The number of pyridine rings is 1. The number of hydrogen-bond donors (Lipinski definition) is 0. The zero-order chi connectivity index (χ0) is 14.8. The van der Waals surface area contributed by atoms with E-state index >= 15 is 0 Å². The SMILES string of the molecule is O=C1OC(c2ccc(Cl)cc2Cl)=N/C1=C\c1ccncc1. The van der Waals surface area contributed by atoms with Crippen LogP contribution >= 0.6 is 23.2 Å². The highest BCUT2D eigenvalue weighted by atomic mass is 35.5. The summed E-state index contributed by atoms with van der Waals surface area (Å²) >= 11 is 11.9. The number of cyclic esters (lactones) is 1. The molecule has 2 aromatic rings. The van der Waals surface area contributed by atoms with Crippen LogP contribution in [-0.2, 0) is 9.53 Å². The third kappa shape index (κ3) is 2.96. The Morgan fingerprint density at radius 1 is 1.10 bits per heavy atom. The van der Waals surface area contributed by atoms with Crippen molar-refractivity contribution in [1.29, 1.82) is 0 Å². The number of aliphatic imine (C=N–C) groups is 1. The van der Waals surface area contributed by atoms with Crippen molar-refractivity contribution < 1.29 is 9.53 Å². The van der Waals surface area contributed by atoms with Crippen LogP contribution in [0.1, 0.15) is 11.1 Å². The van der Waals surface area contributed by atoms with E-state index in [2.05, 4.69) is 9.98 Å². The molecule has 21 heavy (non-hydrogen) atoms. The second-order valence-electron chi connectivity index (χ2n) is 4.24. The summed E-state index contributed by atoms with van der Waals surface area (Å²) < 4.78 is 5.15. The molecule has 0 bridgehead atoms. The van der Waals surface area contributed by atoms with E-state index in [9.17, 15) is 4.79 Å². The quantitative estimate of drug-likeness (QED) is 0.626. The lowest BCUT2D eigenvalue weighted by atomic mass is 10.2. The Labute approximate surface area is 130 Å². The van der Waals surface area contributed by atoms with Crippen LogP contribution in [0, 0.1) is 0 Å². The number of carbonyl (C=O) groups excluding carboxylic acids is 1. The van der Waals surface area contributed by atoms with Crippen molar-refractivity contribution in [1.82, 2.24) is 4.98 Å². The molecule has 0 amide bonds. The summed E-state index contributed by atoms with van der Waals surface area (Å²) in [4.78, 5) is 19.9. The maximum absolute atomic E-state index is 11.9. The normalized spacial score (nSPS) is 16.0. The van der Waals surface area contributed by atoms with E-state index in [1.807, 2.05) is 0 Å². The van der Waals surface area contributed by atoms with Crippen LogP contribution in [0.5, 0.6) is 0 Å². The first-order valence-electron chi connectivity index (χ1n) is 6.01. The standard InChI is InChI=1S/C15H8Cl2N2O2/c16-10-1-2-11(12(17)8-10)14-19-13(15(20)21-14)7-9-3-5-18-6-4-9/h1-8H/b13-7-. The summed E-state index contributed by atoms with van der Waals surface area (Å²) in [5, 5.41) is 0.875. The van der Waals surface area contributed by atoms with Gasteiger partial charge in [-0.15, -0.1) is 0 Å². The van der Waals surface area contributed by atoms with E-state index in [4.69, 9.17) is 27.9 Å². The van der Waals surface area contributed by atoms with E-state index in [0.717, 1.165) is 5.56 Å². The first kappa shape index (κ1) is 13.8. The minimum Gasteiger partial charge on any atom is -0.402 e. The van der Waals surface area contributed by atoms with Crippen molar-refractivity contribution in [2.75, 3.05) is 0 Å². The third-order valence-corrected chi connectivity index (χ3v) is 3.34. The number of halogens is 2. The Bertz CT molecular complexity index is 770. The zero-order valence-electron chi connectivity index (χ0n) is 10.6. The van der Waals surface area contributed by atoms with Gasteiger partial charge in [-0.1, -0.05) is 23.2 Å². The molecule has 4 nitrogen and oxygen atoms in total. The Kier molecular flexibility index (Phi) is 3.73. The smallest absolute Gasteiger partial charge is 0.363 e. The molecular weight excluding hydrogens is 311 g/mol. The molecule has 1 aromatic heterocycles. The number of rotatable bonds is 2. The van der Waals surface area contributed by atoms with Gasteiger partial charge in [0.05, 0.1) is 10.6 Å². The van der Waals surface area contributed by atoms with Crippen LogP contribution in [-0.4, -0.2) is 16.9 Å². The van der Waals surface area contributed by atoms with Gasteiger partial charge in [-0.25, -0.2) is 9.79 Å². The predicted molar refractivity (Wildman–Crippen MR) is 81.3 cm³/mol. The molecule has 2 heterocycles. The summed E-state index contributed by atoms with van der Waals surface area (Å²) in [5.74, 6) is -0.352. The van der Waals surface area contributed by atoms with Crippen LogP contribution in [0.4, 0.5) is 0 Å². The van der Waals surface area contributed by atoms with Gasteiger partial charge < -0.3 is 4.74 Å². The highest BCUT2D eigenvalue weighted by molar-refractivity contribution is 6.37. The summed E-state index contributed by atoms with van der Waals surface area (Å²) in [6.07, 6.45) is 4.89. The van der Waals surface area contributed by atoms with Crippen molar-refractivity contribution >= 4 is 41.1 Å². The molecule has 0 fully saturated rings. The van der Waals surface area contributed by atoms with Crippen LogP contribution < -0.4 is 0 Å². The second-order valence-corrected chi connectivity index (χ2v) is 5.08. The molecule has 0 atom stereocenters. The van der Waals surface area contributed by atoms with E-state index in [1.165, 1.54) is 0 Å². The maximum atomic E-state index is 11.9. The Balaban J connectivity index is 1.97. The van der Waals surface area contributed by atoms with Crippen LogP contribution in [0.25, 0.3) is 6.08 Å². The number of carbonyl (C=O) groups is 1. The molecule has 1 aliphatic rings. The van der Waals surface area contributed by atoms with Gasteiger partial charge in [-0.3, -0.25) is 4.98 Å². The molecule has 1 aromatic carbocycles. The number of nitrogens with zero attached hydrogens (tertiary/aromatic N) is 2. The number of benzene rings is 1. The number of aromatic nitrogens is 1. The minimum atomic E-state index is -0.521. The molecule has 0 aliphatic carbocycles. The zero-order valence-corrected chi connectivity index (χ0v) is 12.1. The second kappa shape index (κ2) is 5.68. The molecule has 0 spiro atoms. The summed E-state index contributed by atoms with van der Waals surface area (Å²) in [5.41, 5.74) is 1.54. The molecule has 0 radical (unpaired) electrons. The molecular formula is C15H8Cl2N2O2. The summed E-state index contributed by atoms with van der Waals surface area (Å²) in [6, 6.07) is 8.42. The highest BCUT2D eigenvalue weighted by Crippen LogP contribution is 2.26. The van der Waals surface area contributed by atoms with Crippen molar-refractivity contribution in [3.05, 3.63) is 69.6 Å². The molecule has 0 N–H and O–H groups in total. The van der Waals surface area contributed by atoms with Crippen molar-refractivity contribution in [2.45, 2.75) is 0 Å². The predicted octanol–water partition coefficient (Wildman–Crippen LogP) is 3.73. The molecule has 0 saturated heterocycles. The van der Waals surface area contributed by atoms with E-state index in [-0.39, 0.29) is 11.6 Å². The largest absolute Gasteiger partial charge is 0.402 e. The third-order valence-electron chi connectivity index (χ3n) is 2.79. The Hall–Kier alpha value is -2.17. The summed E-state index contributed by atoms with van der Waals surface area (Å²) in [6.45, 7) is 0. The van der Waals surface area contributed by atoms with Crippen molar-refractivity contribution in [3.63, 3.8) is 0 Å². The average Bonchev–Trinajstić information content (AvgIpc) is 2.81. The maximum Gasteiger partial charge on any atom is 0.363 e. The van der Waals surface area contributed by atoms with Gasteiger partial charge >= 0.3 is 5.97 Å². The first-order valence-corrected chi connectivity index (χ1v) is 6.77. The Morgan fingerprint density at radius 3 is 2.57 bits per heavy atom. The van der Waals surface area contributed by atoms with Crippen molar-refractivity contribution in [2.24, 2.45) is 4.99 Å². The van der Waals surface area contributed by atoms with Crippen molar-refractivity contribution in [3.8, 4) is 0 Å². The molecule has 0 saturated carbocycles. The molecule has 6 heteroatoms. The number of hydrogen-bond acceptors (Lipinski definition) is 4. The van der Waals surface area contributed by atoms with Gasteiger partial charge in [-0.05, 0) is 42.0 Å². The van der Waals surface area contributed by atoms with E-state index < -0.39 is 5.97 Å². The lowest BCUT2D eigenvalue weighted by Crippen LogP contribution is -2.05. The van der Waals surface area contributed by atoms with E-state index in [0.29, 0.717) is 15.6 Å². The average molecular weight is 319 g/mol. The van der Waals surface area contributed by atoms with Gasteiger partial charge in [-0.2, -0.15) is 0 Å². The molecule has 3 rings (SSSR count). The minimum absolute atomic E-state index is 0.168. The summed E-state index contributed by atoms with van der Waals surface area (Å²) in [7, 11) is 0. The van der Waals surface area contributed by atoms with Gasteiger partial charge in [0.25, 0.3) is 0 Å². The number of ether oxygens (including phenoxy) is 1. The van der Waals surface area contributed by atoms with Gasteiger partial charge in [0.1, 0.15) is 0 Å². The van der Waals surface area contributed by atoms with Gasteiger partial charge in [0, 0.05) is 17.4 Å².